The summed E-state index contributed by atoms with van der Waals surface area (Å²) in [5, 5.41) is 7.65. The summed E-state index contributed by atoms with van der Waals surface area (Å²) in [6.07, 6.45) is 4.23. The third kappa shape index (κ3) is 2.80. The second-order valence-electron chi connectivity index (χ2n) is 6.69. The number of aryl methyl sites for hydroxylation is 3. The monoisotopic (exact) mass is 300 g/mol. The van der Waals surface area contributed by atoms with Crippen LogP contribution in [-0.2, 0) is 13.6 Å². The standard InChI is InChI=1S/C17H24N4O/c1-12-9-13(2)21(19-12)11-17(6-7-17)10-18-16(22)15-5-8-20(4)14(15)3/h5,8-9H,6-7,10-11H2,1-4H3,(H,18,22). The van der Waals surface area contributed by atoms with Crippen LogP contribution >= 0.6 is 0 Å². The van der Waals surface area contributed by atoms with Gasteiger partial charge in [-0.3, -0.25) is 9.48 Å². The molecular weight excluding hydrogens is 276 g/mol. The van der Waals surface area contributed by atoms with Crippen LogP contribution in [0.15, 0.2) is 18.3 Å². The number of rotatable bonds is 5. The number of hydrogen-bond donors (Lipinski definition) is 1. The molecule has 0 saturated heterocycles. The minimum Gasteiger partial charge on any atom is -0.354 e. The summed E-state index contributed by atoms with van der Waals surface area (Å²) in [5.74, 6) is 0.0257. The molecule has 118 valence electrons. The van der Waals surface area contributed by atoms with Gasteiger partial charge in [-0.05, 0) is 45.7 Å². The van der Waals surface area contributed by atoms with Gasteiger partial charge in [-0.25, -0.2) is 0 Å². The number of nitrogens with zero attached hydrogens (tertiary/aromatic N) is 3. The van der Waals surface area contributed by atoms with Crippen LogP contribution in [0.3, 0.4) is 0 Å². The Hall–Kier alpha value is -2.04. The van der Waals surface area contributed by atoms with Crippen molar-refractivity contribution in [1.82, 2.24) is 19.7 Å². The zero-order valence-electron chi connectivity index (χ0n) is 13.8. The summed E-state index contributed by atoms with van der Waals surface area (Å²) in [6, 6.07) is 3.98. The van der Waals surface area contributed by atoms with Gasteiger partial charge >= 0.3 is 0 Å². The lowest BCUT2D eigenvalue weighted by molar-refractivity contribution is 0.0941. The first kappa shape index (κ1) is 14.9. The highest BCUT2D eigenvalue weighted by atomic mass is 16.1. The number of amides is 1. The quantitative estimate of drug-likeness (QED) is 0.921. The minimum atomic E-state index is 0.0257. The minimum absolute atomic E-state index is 0.0257. The molecule has 1 amide bonds. The van der Waals surface area contributed by atoms with Gasteiger partial charge in [0.15, 0.2) is 0 Å². The van der Waals surface area contributed by atoms with Gasteiger partial charge in [0.25, 0.3) is 5.91 Å². The first-order valence-electron chi connectivity index (χ1n) is 7.81. The number of aromatic nitrogens is 3. The van der Waals surface area contributed by atoms with Gasteiger partial charge in [-0.1, -0.05) is 0 Å². The van der Waals surface area contributed by atoms with Crippen molar-refractivity contribution >= 4 is 5.91 Å². The van der Waals surface area contributed by atoms with Gasteiger partial charge in [-0.15, -0.1) is 0 Å². The zero-order valence-corrected chi connectivity index (χ0v) is 13.8. The Kier molecular flexibility index (Phi) is 3.59. The lowest BCUT2D eigenvalue weighted by Crippen LogP contribution is -2.33. The number of nitrogens with one attached hydrogen (secondary N) is 1. The van der Waals surface area contributed by atoms with E-state index < -0.39 is 0 Å². The molecule has 1 fully saturated rings. The fourth-order valence-electron chi connectivity index (χ4n) is 2.93. The van der Waals surface area contributed by atoms with Crippen molar-refractivity contribution in [2.75, 3.05) is 6.54 Å². The van der Waals surface area contributed by atoms with Crippen molar-refractivity contribution in [3.63, 3.8) is 0 Å². The largest absolute Gasteiger partial charge is 0.354 e. The van der Waals surface area contributed by atoms with Gasteiger partial charge in [-0.2, -0.15) is 5.10 Å². The molecule has 5 nitrogen and oxygen atoms in total. The van der Waals surface area contributed by atoms with E-state index in [2.05, 4.69) is 28.1 Å². The second-order valence-corrected chi connectivity index (χ2v) is 6.69. The average molecular weight is 300 g/mol. The van der Waals surface area contributed by atoms with E-state index in [9.17, 15) is 4.79 Å². The molecule has 0 bridgehead atoms. The van der Waals surface area contributed by atoms with Crippen molar-refractivity contribution in [3.8, 4) is 0 Å². The van der Waals surface area contributed by atoms with Crippen LogP contribution in [0.1, 0.15) is 40.3 Å². The fraction of sp³-hybridized carbons (Fsp3) is 0.529. The Morgan fingerprint density at radius 3 is 2.59 bits per heavy atom. The third-order valence-electron chi connectivity index (χ3n) is 4.80. The molecular formula is C17H24N4O. The van der Waals surface area contributed by atoms with E-state index in [0.29, 0.717) is 0 Å². The highest BCUT2D eigenvalue weighted by molar-refractivity contribution is 5.95. The van der Waals surface area contributed by atoms with E-state index in [4.69, 9.17) is 0 Å². The molecule has 22 heavy (non-hydrogen) atoms. The summed E-state index contributed by atoms with van der Waals surface area (Å²) in [6.45, 7) is 7.68. The van der Waals surface area contributed by atoms with E-state index in [1.54, 1.807) is 0 Å². The molecule has 2 aromatic heterocycles. The highest BCUT2D eigenvalue weighted by Crippen LogP contribution is 2.46. The Morgan fingerprint density at radius 1 is 1.36 bits per heavy atom. The van der Waals surface area contributed by atoms with Crippen LogP contribution in [0, 0.1) is 26.2 Å². The summed E-state index contributed by atoms with van der Waals surface area (Å²) >= 11 is 0. The number of hydrogen-bond acceptors (Lipinski definition) is 2. The normalized spacial score (nSPS) is 15.8. The van der Waals surface area contributed by atoms with E-state index in [1.165, 1.54) is 5.69 Å². The maximum Gasteiger partial charge on any atom is 0.253 e. The van der Waals surface area contributed by atoms with Crippen LogP contribution < -0.4 is 5.32 Å². The van der Waals surface area contributed by atoms with Gasteiger partial charge in [0, 0.05) is 43.1 Å². The third-order valence-corrected chi connectivity index (χ3v) is 4.80. The Labute approximate surface area is 131 Å². The molecule has 0 radical (unpaired) electrons. The SMILES string of the molecule is Cc1cc(C)n(CC2(CNC(=O)c3ccn(C)c3C)CC2)n1. The lowest BCUT2D eigenvalue weighted by atomic mass is 10.1. The van der Waals surface area contributed by atoms with Gasteiger partial charge < -0.3 is 9.88 Å². The summed E-state index contributed by atoms with van der Waals surface area (Å²) in [7, 11) is 1.96. The molecule has 0 unspecified atom stereocenters. The van der Waals surface area contributed by atoms with Crippen LogP contribution in [0.2, 0.25) is 0 Å². The molecule has 1 saturated carbocycles. The molecule has 1 N–H and O–H groups in total. The summed E-state index contributed by atoms with van der Waals surface area (Å²) < 4.78 is 4.04. The van der Waals surface area contributed by atoms with Crippen LogP contribution in [0.4, 0.5) is 0 Å². The van der Waals surface area contributed by atoms with Crippen molar-refractivity contribution in [1.29, 1.82) is 0 Å². The predicted molar refractivity (Wildman–Crippen MR) is 85.9 cm³/mol. The van der Waals surface area contributed by atoms with Crippen LogP contribution in [0.25, 0.3) is 0 Å². The molecule has 0 spiro atoms. The summed E-state index contributed by atoms with van der Waals surface area (Å²) in [5.41, 5.74) is 4.19. The Morgan fingerprint density at radius 2 is 2.09 bits per heavy atom. The van der Waals surface area contributed by atoms with E-state index >= 15 is 0 Å². The first-order chi connectivity index (χ1) is 10.4. The van der Waals surface area contributed by atoms with E-state index in [0.717, 1.165) is 42.9 Å². The average Bonchev–Trinajstić information content (AvgIpc) is 3.05. The van der Waals surface area contributed by atoms with Crippen molar-refractivity contribution in [2.45, 2.75) is 40.2 Å². The predicted octanol–water partition coefficient (Wildman–Crippen LogP) is 2.36. The summed E-state index contributed by atoms with van der Waals surface area (Å²) in [4.78, 5) is 12.3. The van der Waals surface area contributed by atoms with Crippen molar-refractivity contribution in [2.24, 2.45) is 12.5 Å². The molecule has 1 aliphatic rings. The molecule has 2 heterocycles. The molecule has 3 rings (SSSR count). The zero-order chi connectivity index (χ0) is 15.9. The number of carbonyl (C=O) groups excluding carboxylic acids is 1. The maximum absolute atomic E-state index is 12.3. The Balaban J connectivity index is 1.62. The molecule has 5 heteroatoms. The fourth-order valence-corrected chi connectivity index (χ4v) is 2.93. The van der Waals surface area contributed by atoms with Gasteiger partial charge in [0.2, 0.25) is 0 Å². The van der Waals surface area contributed by atoms with Crippen molar-refractivity contribution < 1.29 is 4.79 Å². The first-order valence-corrected chi connectivity index (χ1v) is 7.81. The number of carbonyl (C=O) groups is 1. The van der Waals surface area contributed by atoms with E-state index in [1.807, 2.05) is 37.7 Å². The lowest BCUT2D eigenvalue weighted by Gasteiger charge is -2.17. The van der Waals surface area contributed by atoms with Gasteiger partial charge in [0.05, 0.1) is 11.3 Å². The maximum atomic E-state index is 12.3. The highest BCUT2D eigenvalue weighted by Gasteiger charge is 2.43. The van der Waals surface area contributed by atoms with Crippen molar-refractivity contribution in [3.05, 3.63) is 41.0 Å². The molecule has 0 atom stereocenters. The second kappa shape index (κ2) is 5.30. The smallest absolute Gasteiger partial charge is 0.253 e. The Bertz CT molecular complexity index is 706. The van der Waals surface area contributed by atoms with Crippen LogP contribution in [-0.4, -0.2) is 26.8 Å². The molecule has 1 aliphatic carbocycles. The van der Waals surface area contributed by atoms with Crippen LogP contribution in [0.5, 0.6) is 0 Å². The van der Waals surface area contributed by atoms with Gasteiger partial charge in [0.1, 0.15) is 0 Å². The topological polar surface area (TPSA) is 51.9 Å². The van der Waals surface area contributed by atoms with E-state index in [-0.39, 0.29) is 11.3 Å². The molecule has 2 aromatic rings. The molecule has 0 aliphatic heterocycles. The molecule has 0 aromatic carbocycles.